The van der Waals surface area contributed by atoms with Crippen LogP contribution in [-0.4, -0.2) is 39.1 Å². The molecule has 0 saturated heterocycles. The van der Waals surface area contributed by atoms with Gasteiger partial charge in [-0.1, -0.05) is 0 Å². The zero-order chi connectivity index (χ0) is 19.1. The second-order valence-corrected chi connectivity index (χ2v) is 5.76. The number of likely N-dealkylation sites (N-methyl/N-ethyl adjacent to an activating group) is 1. The minimum atomic E-state index is -1.04. The third-order valence-electron chi connectivity index (χ3n) is 3.50. The number of carbonyl (C=O) groups is 2. The molecule has 0 aromatic heterocycles. The molecule has 0 aliphatic rings. The first-order valence-electron chi connectivity index (χ1n) is 7.87. The average molecular weight is 364 g/mol. The second kappa shape index (κ2) is 8.91. The lowest BCUT2D eigenvalue weighted by Gasteiger charge is -2.14. The number of amides is 2. The zero-order valence-corrected chi connectivity index (χ0v) is 14.4. The second-order valence-electron chi connectivity index (χ2n) is 5.76. The van der Waals surface area contributed by atoms with Crippen molar-refractivity contribution in [2.75, 3.05) is 37.9 Å². The average Bonchev–Trinajstić information content (AvgIpc) is 2.58. The summed E-state index contributed by atoms with van der Waals surface area (Å²) in [6, 6.07) is 9.97. The van der Waals surface area contributed by atoms with E-state index in [-0.39, 0.29) is 24.7 Å². The van der Waals surface area contributed by atoms with Crippen molar-refractivity contribution in [3.63, 3.8) is 0 Å². The molecule has 0 aliphatic heterocycles. The fourth-order valence-corrected chi connectivity index (χ4v) is 2.27. The molecule has 0 bridgehead atoms. The Bertz CT molecular complexity index is 782. The van der Waals surface area contributed by atoms with E-state index in [2.05, 4.69) is 10.6 Å². The minimum absolute atomic E-state index is 0.00493. The number of halogens is 2. The number of ether oxygens (including phenoxy) is 1. The Hall–Kier alpha value is -3.00. The molecule has 2 aromatic rings. The topological polar surface area (TPSA) is 71.9 Å². The van der Waals surface area contributed by atoms with E-state index in [4.69, 9.17) is 4.74 Å². The van der Waals surface area contributed by atoms with Gasteiger partial charge in [-0.05, 0) is 36.4 Å². The standard InChI is InChI=1S/C18H19F2N3O3/c1-23(10-17(24)21-12-3-6-14(26-2)7-4-12)11-18(25)22-13-5-8-15(19)16(20)9-13/h3-9H,10-11H2,1-2H3,(H,21,24)(H,22,25)/p+1. The van der Waals surface area contributed by atoms with Crippen LogP contribution in [0.5, 0.6) is 5.75 Å². The molecule has 138 valence electrons. The maximum absolute atomic E-state index is 13.1. The monoisotopic (exact) mass is 364 g/mol. The number of carbonyl (C=O) groups excluding carboxylic acids is 2. The van der Waals surface area contributed by atoms with Crippen molar-refractivity contribution in [3.8, 4) is 5.75 Å². The highest BCUT2D eigenvalue weighted by Gasteiger charge is 2.15. The van der Waals surface area contributed by atoms with Gasteiger partial charge in [-0.2, -0.15) is 0 Å². The fraction of sp³-hybridized carbons (Fsp3) is 0.222. The predicted octanol–water partition coefficient (Wildman–Crippen LogP) is 1.07. The summed E-state index contributed by atoms with van der Waals surface area (Å²) < 4.78 is 31.0. The molecule has 3 N–H and O–H groups in total. The number of anilines is 2. The number of quaternary nitrogens is 1. The van der Waals surface area contributed by atoms with Gasteiger partial charge in [0.1, 0.15) is 5.75 Å². The lowest BCUT2D eigenvalue weighted by atomic mass is 10.3. The Labute approximate surface area is 149 Å². The number of benzene rings is 2. The van der Waals surface area contributed by atoms with Crippen LogP contribution in [0, 0.1) is 11.6 Å². The van der Waals surface area contributed by atoms with Gasteiger partial charge in [-0.25, -0.2) is 8.78 Å². The Morgan fingerprint density at radius 1 is 0.923 bits per heavy atom. The highest BCUT2D eigenvalue weighted by Crippen LogP contribution is 2.14. The van der Waals surface area contributed by atoms with Gasteiger partial charge in [0.15, 0.2) is 24.7 Å². The summed E-state index contributed by atoms with van der Waals surface area (Å²) in [5.41, 5.74) is 0.777. The van der Waals surface area contributed by atoms with Gasteiger partial charge in [0.2, 0.25) is 0 Å². The minimum Gasteiger partial charge on any atom is -0.497 e. The van der Waals surface area contributed by atoms with Crippen molar-refractivity contribution >= 4 is 23.2 Å². The molecule has 2 aromatic carbocycles. The number of methoxy groups -OCH3 is 1. The van der Waals surface area contributed by atoms with Crippen LogP contribution >= 0.6 is 0 Å². The molecular weight excluding hydrogens is 344 g/mol. The highest BCUT2D eigenvalue weighted by molar-refractivity contribution is 5.93. The Balaban J connectivity index is 1.80. The van der Waals surface area contributed by atoms with Crippen molar-refractivity contribution in [2.24, 2.45) is 0 Å². The van der Waals surface area contributed by atoms with E-state index in [9.17, 15) is 18.4 Å². The van der Waals surface area contributed by atoms with Crippen LogP contribution in [0.2, 0.25) is 0 Å². The van der Waals surface area contributed by atoms with E-state index >= 15 is 0 Å². The predicted molar refractivity (Wildman–Crippen MR) is 93.2 cm³/mol. The Kier molecular flexibility index (Phi) is 6.62. The molecular formula is C18H20F2N3O3+. The Morgan fingerprint density at radius 2 is 1.46 bits per heavy atom. The molecule has 6 nitrogen and oxygen atoms in total. The molecule has 8 heteroatoms. The molecule has 0 saturated carbocycles. The van der Waals surface area contributed by atoms with Gasteiger partial charge in [-0.3, -0.25) is 9.59 Å². The fourth-order valence-electron chi connectivity index (χ4n) is 2.27. The van der Waals surface area contributed by atoms with E-state index in [1.807, 2.05) is 0 Å². The van der Waals surface area contributed by atoms with Crippen LogP contribution in [-0.2, 0) is 9.59 Å². The van der Waals surface area contributed by atoms with E-state index in [0.717, 1.165) is 12.1 Å². The first kappa shape index (κ1) is 19.3. The van der Waals surface area contributed by atoms with Crippen LogP contribution < -0.4 is 20.3 Å². The largest absolute Gasteiger partial charge is 0.497 e. The van der Waals surface area contributed by atoms with E-state index in [1.165, 1.54) is 6.07 Å². The van der Waals surface area contributed by atoms with Gasteiger partial charge in [0.25, 0.3) is 11.8 Å². The molecule has 0 fully saturated rings. The quantitative estimate of drug-likeness (QED) is 0.688. The molecule has 0 spiro atoms. The molecule has 0 heterocycles. The van der Waals surface area contributed by atoms with Gasteiger partial charge in [0.05, 0.1) is 14.2 Å². The van der Waals surface area contributed by atoms with E-state index < -0.39 is 17.5 Å². The molecule has 1 atom stereocenters. The third-order valence-corrected chi connectivity index (χ3v) is 3.50. The van der Waals surface area contributed by atoms with Crippen LogP contribution in [0.1, 0.15) is 0 Å². The molecule has 0 aliphatic carbocycles. The molecule has 2 rings (SSSR count). The number of hydrogen-bond donors (Lipinski definition) is 3. The van der Waals surface area contributed by atoms with Crippen LogP contribution in [0.15, 0.2) is 42.5 Å². The van der Waals surface area contributed by atoms with Crippen molar-refractivity contribution in [3.05, 3.63) is 54.1 Å². The van der Waals surface area contributed by atoms with E-state index in [1.54, 1.807) is 38.4 Å². The van der Waals surface area contributed by atoms with Gasteiger partial charge < -0.3 is 20.3 Å². The van der Waals surface area contributed by atoms with Crippen LogP contribution in [0.4, 0.5) is 20.2 Å². The number of rotatable bonds is 7. The summed E-state index contributed by atoms with van der Waals surface area (Å²) in [4.78, 5) is 24.6. The number of nitrogens with one attached hydrogen (secondary N) is 3. The summed E-state index contributed by atoms with van der Waals surface area (Å²) in [6.45, 7) is 0.0618. The lowest BCUT2D eigenvalue weighted by Crippen LogP contribution is -3.11. The summed E-state index contributed by atoms with van der Waals surface area (Å²) in [6.07, 6.45) is 0. The van der Waals surface area contributed by atoms with Gasteiger partial charge >= 0.3 is 0 Å². The van der Waals surface area contributed by atoms with Crippen molar-refractivity contribution < 1.29 is 28.0 Å². The van der Waals surface area contributed by atoms with Crippen molar-refractivity contribution in [1.82, 2.24) is 0 Å². The molecule has 2 amide bonds. The highest BCUT2D eigenvalue weighted by atomic mass is 19.2. The molecule has 0 radical (unpaired) electrons. The number of hydrogen-bond acceptors (Lipinski definition) is 3. The first-order chi connectivity index (χ1) is 12.4. The molecule has 1 unspecified atom stereocenters. The first-order valence-corrected chi connectivity index (χ1v) is 7.87. The maximum atomic E-state index is 13.1. The summed E-state index contributed by atoms with van der Waals surface area (Å²) in [5.74, 6) is -2.01. The van der Waals surface area contributed by atoms with Crippen molar-refractivity contribution in [2.45, 2.75) is 0 Å². The van der Waals surface area contributed by atoms with E-state index in [0.29, 0.717) is 16.3 Å². The van der Waals surface area contributed by atoms with Gasteiger partial charge in [-0.15, -0.1) is 0 Å². The third kappa shape index (κ3) is 5.82. The SMILES string of the molecule is COc1ccc(NC(=O)C[NH+](C)CC(=O)Nc2ccc(F)c(F)c2)cc1. The lowest BCUT2D eigenvalue weighted by molar-refractivity contribution is -0.862. The smallest absolute Gasteiger partial charge is 0.279 e. The zero-order valence-electron chi connectivity index (χ0n) is 14.4. The summed E-state index contributed by atoms with van der Waals surface area (Å²) >= 11 is 0. The van der Waals surface area contributed by atoms with Crippen LogP contribution in [0.25, 0.3) is 0 Å². The Morgan fingerprint density at radius 3 is 2.00 bits per heavy atom. The maximum Gasteiger partial charge on any atom is 0.279 e. The molecule has 26 heavy (non-hydrogen) atoms. The summed E-state index contributed by atoms with van der Waals surface area (Å²) in [7, 11) is 3.23. The summed E-state index contributed by atoms with van der Waals surface area (Å²) in [5, 5.41) is 5.19. The van der Waals surface area contributed by atoms with Gasteiger partial charge in [0, 0.05) is 17.4 Å². The van der Waals surface area contributed by atoms with Crippen molar-refractivity contribution in [1.29, 1.82) is 0 Å². The van der Waals surface area contributed by atoms with Crippen LogP contribution in [0.3, 0.4) is 0 Å². The normalized spacial score (nSPS) is 11.5.